The van der Waals surface area contributed by atoms with Crippen LogP contribution in [0.5, 0.6) is 0 Å². The van der Waals surface area contributed by atoms with Crippen molar-refractivity contribution in [3.05, 3.63) is 17.3 Å². The van der Waals surface area contributed by atoms with Crippen LogP contribution in [0.3, 0.4) is 0 Å². The largest absolute Gasteiger partial charge is 0.445 e. The van der Waals surface area contributed by atoms with Gasteiger partial charge < -0.3 is 19.1 Å². The van der Waals surface area contributed by atoms with Gasteiger partial charge in [0.1, 0.15) is 11.5 Å². The van der Waals surface area contributed by atoms with E-state index in [0.717, 1.165) is 36.6 Å². The predicted octanol–water partition coefficient (Wildman–Crippen LogP) is 2.08. The molecule has 25 heavy (non-hydrogen) atoms. The molecule has 3 amide bonds. The van der Waals surface area contributed by atoms with Crippen LogP contribution >= 0.6 is 0 Å². The molecule has 1 saturated heterocycles. The summed E-state index contributed by atoms with van der Waals surface area (Å²) in [6.07, 6.45) is 2.20. The Kier molecular flexibility index (Phi) is 5.01. The normalized spacial score (nSPS) is 18.4. The van der Waals surface area contributed by atoms with Gasteiger partial charge >= 0.3 is 6.03 Å². The molecule has 0 saturated carbocycles. The van der Waals surface area contributed by atoms with E-state index in [1.807, 2.05) is 9.80 Å². The van der Waals surface area contributed by atoms with Gasteiger partial charge in [0.05, 0.1) is 6.54 Å². The summed E-state index contributed by atoms with van der Waals surface area (Å²) in [5, 5.41) is 0. The van der Waals surface area contributed by atoms with Gasteiger partial charge in [0.15, 0.2) is 5.89 Å². The molecule has 3 rings (SSSR count). The molecule has 0 unspecified atom stereocenters. The van der Waals surface area contributed by atoms with Gasteiger partial charge in [-0.25, -0.2) is 9.78 Å². The van der Waals surface area contributed by atoms with Crippen LogP contribution in [0.15, 0.2) is 4.42 Å². The van der Waals surface area contributed by atoms with Crippen LogP contribution in [-0.2, 0) is 17.8 Å². The molecular formula is C18H28N4O3. The quantitative estimate of drug-likeness (QED) is 0.820. The number of aromatic nitrogens is 1. The van der Waals surface area contributed by atoms with Gasteiger partial charge in [-0.05, 0) is 12.8 Å². The maximum atomic E-state index is 12.9. The maximum absolute atomic E-state index is 12.9. The summed E-state index contributed by atoms with van der Waals surface area (Å²) < 4.78 is 5.81. The van der Waals surface area contributed by atoms with E-state index in [1.54, 1.807) is 19.0 Å². The fourth-order valence-electron chi connectivity index (χ4n) is 3.51. The molecule has 1 fully saturated rings. The second-order valence-electron chi connectivity index (χ2n) is 7.52. The third kappa shape index (κ3) is 3.65. The highest BCUT2D eigenvalue weighted by Gasteiger charge is 2.33. The zero-order chi connectivity index (χ0) is 18.1. The summed E-state index contributed by atoms with van der Waals surface area (Å²) in [5.74, 6) is 2.14. The third-order valence-electron chi connectivity index (χ3n) is 5.05. The lowest BCUT2D eigenvalue weighted by atomic mass is 9.94. The number of carbonyl (C=O) groups excluding carboxylic acids is 2. The van der Waals surface area contributed by atoms with E-state index in [1.165, 1.54) is 0 Å². The summed E-state index contributed by atoms with van der Waals surface area (Å²) in [7, 11) is 3.52. The summed E-state index contributed by atoms with van der Waals surface area (Å²) >= 11 is 0. The number of urea groups is 1. The van der Waals surface area contributed by atoms with Gasteiger partial charge in [-0.2, -0.15) is 0 Å². The summed E-state index contributed by atoms with van der Waals surface area (Å²) in [6.45, 7) is 6.64. The SMILES string of the molecule is CC(C)c1nc2c(o1)CCN(C(=O)C1CCN(C(=O)N(C)C)CC1)C2. The number of amides is 3. The Labute approximate surface area is 149 Å². The zero-order valence-corrected chi connectivity index (χ0v) is 15.6. The molecule has 3 heterocycles. The van der Waals surface area contributed by atoms with Crippen molar-refractivity contribution in [3.8, 4) is 0 Å². The average molecular weight is 348 g/mol. The number of oxazole rings is 1. The van der Waals surface area contributed by atoms with E-state index in [9.17, 15) is 9.59 Å². The molecule has 0 bridgehead atoms. The Morgan fingerprint density at radius 2 is 1.84 bits per heavy atom. The average Bonchev–Trinajstić information content (AvgIpc) is 3.04. The van der Waals surface area contributed by atoms with Crippen LogP contribution in [0, 0.1) is 5.92 Å². The first kappa shape index (κ1) is 17.8. The Morgan fingerprint density at radius 1 is 1.16 bits per heavy atom. The number of hydrogen-bond acceptors (Lipinski definition) is 4. The van der Waals surface area contributed by atoms with Gasteiger partial charge in [0.25, 0.3) is 0 Å². The fourth-order valence-corrected chi connectivity index (χ4v) is 3.51. The molecule has 1 aromatic heterocycles. The van der Waals surface area contributed by atoms with E-state index in [0.29, 0.717) is 26.2 Å². The van der Waals surface area contributed by atoms with E-state index in [2.05, 4.69) is 18.8 Å². The van der Waals surface area contributed by atoms with Gasteiger partial charge in [0.2, 0.25) is 5.91 Å². The van der Waals surface area contributed by atoms with Crippen LogP contribution in [-0.4, -0.2) is 65.4 Å². The van der Waals surface area contributed by atoms with Crippen molar-refractivity contribution in [3.63, 3.8) is 0 Å². The zero-order valence-electron chi connectivity index (χ0n) is 15.6. The van der Waals surface area contributed by atoms with Crippen LogP contribution in [0.2, 0.25) is 0 Å². The van der Waals surface area contributed by atoms with Crippen molar-refractivity contribution < 1.29 is 14.0 Å². The van der Waals surface area contributed by atoms with Crippen molar-refractivity contribution in [1.29, 1.82) is 0 Å². The van der Waals surface area contributed by atoms with Gasteiger partial charge in [-0.15, -0.1) is 0 Å². The Morgan fingerprint density at radius 3 is 2.44 bits per heavy atom. The topological polar surface area (TPSA) is 69.9 Å². The lowest BCUT2D eigenvalue weighted by Crippen LogP contribution is -2.47. The first-order valence-corrected chi connectivity index (χ1v) is 9.10. The summed E-state index contributed by atoms with van der Waals surface area (Å²) in [4.78, 5) is 34.8. The fraction of sp³-hybridized carbons (Fsp3) is 0.722. The Hall–Kier alpha value is -2.05. The first-order chi connectivity index (χ1) is 11.9. The predicted molar refractivity (Wildman–Crippen MR) is 93.1 cm³/mol. The number of piperidine rings is 1. The van der Waals surface area contributed by atoms with E-state index in [-0.39, 0.29) is 23.8 Å². The van der Waals surface area contributed by atoms with E-state index < -0.39 is 0 Å². The molecule has 0 spiro atoms. The van der Waals surface area contributed by atoms with Crippen LogP contribution in [0.25, 0.3) is 0 Å². The number of rotatable bonds is 2. The minimum absolute atomic E-state index is 0.00392. The molecule has 0 aromatic carbocycles. The molecule has 138 valence electrons. The Bertz CT molecular complexity index is 645. The first-order valence-electron chi connectivity index (χ1n) is 9.10. The highest BCUT2D eigenvalue weighted by molar-refractivity contribution is 5.80. The number of fused-ring (bicyclic) bond motifs is 1. The Balaban J connectivity index is 1.58. The second-order valence-corrected chi connectivity index (χ2v) is 7.52. The van der Waals surface area contributed by atoms with E-state index in [4.69, 9.17) is 4.42 Å². The molecule has 7 nitrogen and oxygen atoms in total. The summed E-state index contributed by atoms with van der Waals surface area (Å²) in [6, 6.07) is 0.0253. The second kappa shape index (κ2) is 7.06. The standard InChI is InChI=1S/C18H28N4O3/c1-12(2)16-19-14-11-22(10-7-15(14)25-16)17(23)13-5-8-21(9-6-13)18(24)20(3)4/h12-13H,5-11H2,1-4H3. The molecular weight excluding hydrogens is 320 g/mol. The highest BCUT2D eigenvalue weighted by atomic mass is 16.4. The van der Waals surface area contributed by atoms with Gasteiger partial charge in [0, 0.05) is 52.0 Å². The molecule has 7 heteroatoms. The van der Waals surface area contributed by atoms with Crippen molar-refractivity contribution >= 4 is 11.9 Å². The molecule has 0 radical (unpaired) electrons. The summed E-state index contributed by atoms with van der Waals surface area (Å²) in [5.41, 5.74) is 0.906. The molecule has 0 N–H and O–H groups in total. The van der Waals surface area contributed by atoms with Crippen LogP contribution < -0.4 is 0 Å². The number of likely N-dealkylation sites (tertiary alicyclic amines) is 1. The van der Waals surface area contributed by atoms with Crippen molar-refractivity contribution in [2.24, 2.45) is 5.92 Å². The lowest BCUT2D eigenvalue weighted by molar-refractivity contribution is -0.138. The van der Waals surface area contributed by atoms with Crippen molar-refractivity contribution in [2.75, 3.05) is 33.7 Å². The number of carbonyl (C=O) groups is 2. The van der Waals surface area contributed by atoms with Crippen molar-refractivity contribution in [2.45, 2.75) is 45.6 Å². The molecule has 0 atom stereocenters. The van der Waals surface area contributed by atoms with Crippen LogP contribution in [0.1, 0.15) is 50.0 Å². The molecule has 2 aliphatic heterocycles. The maximum Gasteiger partial charge on any atom is 0.319 e. The number of nitrogens with zero attached hydrogens (tertiary/aromatic N) is 4. The molecule has 1 aromatic rings. The van der Waals surface area contributed by atoms with Gasteiger partial charge in [-0.1, -0.05) is 13.8 Å². The minimum atomic E-state index is 0.00392. The highest BCUT2D eigenvalue weighted by Crippen LogP contribution is 2.27. The van der Waals surface area contributed by atoms with Crippen LogP contribution in [0.4, 0.5) is 4.79 Å². The van der Waals surface area contributed by atoms with Crippen molar-refractivity contribution in [1.82, 2.24) is 19.7 Å². The lowest BCUT2D eigenvalue weighted by Gasteiger charge is -2.36. The smallest absolute Gasteiger partial charge is 0.319 e. The minimum Gasteiger partial charge on any atom is -0.445 e. The molecule has 2 aliphatic rings. The number of hydrogen-bond donors (Lipinski definition) is 0. The monoisotopic (exact) mass is 348 g/mol. The third-order valence-corrected chi connectivity index (χ3v) is 5.05. The van der Waals surface area contributed by atoms with Gasteiger partial charge in [-0.3, -0.25) is 4.79 Å². The molecule has 0 aliphatic carbocycles. The van der Waals surface area contributed by atoms with E-state index >= 15 is 0 Å².